The van der Waals surface area contributed by atoms with Crippen LogP contribution in [0.25, 0.3) is 22.4 Å². The van der Waals surface area contributed by atoms with Gasteiger partial charge in [0, 0.05) is 12.2 Å². The molecule has 3 heterocycles. The molecule has 1 aromatic carbocycles. The van der Waals surface area contributed by atoms with Crippen LogP contribution in [0, 0.1) is 19.8 Å². The molecule has 0 unspecified atom stereocenters. The molecule has 0 radical (unpaired) electrons. The van der Waals surface area contributed by atoms with Crippen molar-refractivity contribution in [3.63, 3.8) is 0 Å². The van der Waals surface area contributed by atoms with E-state index >= 15 is 0 Å². The normalized spacial score (nSPS) is 11.5. The van der Waals surface area contributed by atoms with Gasteiger partial charge in [0.15, 0.2) is 0 Å². The lowest BCUT2D eigenvalue weighted by molar-refractivity contribution is 0.102. The number of fused-ring (bicyclic) bond motifs is 1. The van der Waals surface area contributed by atoms with Crippen LogP contribution in [0.4, 0.5) is 5.82 Å². The van der Waals surface area contributed by atoms with Crippen LogP contribution in [0.15, 0.2) is 41.8 Å². The monoisotopic (exact) mass is 392 g/mol. The van der Waals surface area contributed by atoms with Gasteiger partial charge < -0.3 is 14.9 Å². The molecule has 2 N–H and O–H groups in total. The van der Waals surface area contributed by atoms with E-state index in [1.54, 1.807) is 0 Å². The van der Waals surface area contributed by atoms with Gasteiger partial charge in [-0.2, -0.15) is 0 Å². The van der Waals surface area contributed by atoms with Gasteiger partial charge in [0.25, 0.3) is 5.91 Å². The molecule has 1 amide bonds. The van der Waals surface area contributed by atoms with Crippen LogP contribution in [0.3, 0.4) is 0 Å². The number of nitrogens with zero attached hydrogens (tertiary/aromatic N) is 2. The Bertz CT molecular complexity index is 1100. The molecular formula is C22H24N4OS. The number of nitrogens with one attached hydrogen (secondary N) is 2. The van der Waals surface area contributed by atoms with Crippen LogP contribution in [0.1, 0.15) is 34.8 Å². The molecular weight excluding hydrogens is 368 g/mol. The second kappa shape index (κ2) is 7.28. The van der Waals surface area contributed by atoms with E-state index in [1.165, 1.54) is 11.3 Å². The number of aromatic nitrogens is 3. The fraction of sp³-hybridized carbons (Fsp3) is 0.273. The number of hydrogen-bond acceptors (Lipinski definition) is 3. The lowest BCUT2D eigenvalue weighted by Gasteiger charge is -2.15. The summed E-state index contributed by atoms with van der Waals surface area (Å²) in [7, 11) is 0. The number of hydrogen-bond donors (Lipinski definition) is 2. The average Bonchev–Trinajstić information content (AvgIpc) is 3.37. The van der Waals surface area contributed by atoms with Crippen molar-refractivity contribution in [2.24, 2.45) is 5.92 Å². The minimum atomic E-state index is -0.0881. The van der Waals surface area contributed by atoms with Crippen molar-refractivity contribution in [1.29, 1.82) is 0 Å². The topological polar surface area (TPSA) is 62.7 Å². The number of rotatable bonds is 5. The first-order valence-electron chi connectivity index (χ1n) is 9.45. The largest absolute Gasteiger partial charge is 0.338 e. The minimum absolute atomic E-state index is 0.0881. The van der Waals surface area contributed by atoms with E-state index < -0.39 is 0 Å². The number of carbonyl (C=O) groups is 1. The molecule has 0 fully saturated rings. The fourth-order valence-corrected chi connectivity index (χ4v) is 4.14. The zero-order valence-electron chi connectivity index (χ0n) is 16.5. The molecule has 0 spiro atoms. The SMILES string of the molecule is Cc1c(-c2nc3ccccc3[nH]2)c(NC(=O)c2cccs2)n(CC(C)C)c1C. The van der Waals surface area contributed by atoms with E-state index in [9.17, 15) is 4.79 Å². The van der Waals surface area contributed by atoms with Gasteiger partial charge in [0.05, 0.1) is 21.5 Å². The van der Waals surface area contributed by atoms with E-state index in [4.69, 9.17) is 4.98 Å². The van der Waals surface area contributed by atoms with Gasteiger partial charge in [-0.3, -0.25) is 4.79 Å². The van der Waals surface area contributed by atoms with Gasteiger partial charge in [0.1, 0.15) is 11.6 Å². The molecule has 0 saturated carbocycles. The molecule has 4 aromatic rings. The van der Waals surface area contributed by atoms with Crippen molar-refractivity contribution < 1.29 is 4.79 Å². The smallest absolute Gasteiger partial charge is 0.266 e. The molecule has 0 aliphatic carbocycles. The molecule has 4 rings (SSSR count). The Hall–Kier alpha value is -2.86. The Morgan fingerprint density at radius 1 is 1.21 bits per heavy atom. The first-order chi connectivity index (χ1) is 13.5. The van der Waals surface area contributed by atoms with Crippen molar-refractivity contribution >= 4 is 34.1 Å². The number of anilines is 1. The summed E-state index contributed by atoms with van der Waals surface area (Å²) in [6.07, 6.45) is 0. The van der Waals surface area contributed by atoms with Gasteiger partial charge in [-0.15, -0.1) is 11.3 Å². The lowest BCUT2D eigenvalue weighted by Crippen LogP contribution is -2.17. The second-order valence-electron chi connectivity index (χ2n) is 7.47. The summed E-state index contributed by atoms with van der Waals surface area (Å²) in [6, 6.07) is 11.7. The van der Waals surface area contributed by atoms with Gasteiger partial charge in [0.2, 0.25) is 0 Å². The van der Waals surface area contributed by atoms with Crippen LogP contribution in [-0.2, 0) is 6.54 Å². The zero-order chi connectivity index (χ0) is 19.8. The number of para-hydroxylation sites is 2. The van der Waals surface area contributed by atoms with Crippen molar-refractivity contribution in [2.45, 2.75) is 34.2 Å². The standard InChI is InChI=1S/C22H24N4OS/c1-13(2)12-26-15(4)14(3)19(20-23-16-8-5-6-9-17(16)24-20)21(26)25-22(27)18-10-7-11-28-18/h5-11,13H,12H2,1-4H3,(H,23,24)(H,25,27). The van der Waals surface area contributed by atoms with E-state index in [-0.39, 0.29) is 5.91 Å². The zero-order valence-corrected chi connectivity index (χ0v) is 17.4. The fourth-order valence-electron chi connectivity index (χ4n) is 3.52. The summed E-state index contributed by atoms with van der Waals surface area (Å²) in [5.41, 5.74) is 5.13. The predicted molar refractivity (Wildman–Crippen MR) is 116 cm³/mol. The Balaban J connectivity index is 1.87. The molecule has 0 aliphatic heterocycles. The maximum absolute atomic E-state index is 12.8. The highest BCUT2D eigenvalue weighted by Gasteiger charge is 2.24. The highest BCUT2D eigenvalue weighted by Crippen LogP contribution is 2.36. The Kier molecular flexibility index (Phi) is 4.81. The molecule has 0 aliphatic rings. The molecule has 5 nitrogen and oxygen atoms in total. The number of benzene rings is 1. The molecule has 144 valence electrons. The second-order valence-corrected chi connectivity index (χ2v) is 8.42. The lowest BCUT2D eigenvalue weighted by atomic mass is 10.1. The third-order valence-corrected chi connectivity index (χ3v) is 5.85. The van der Waals surface area contributed by atoms with Gasteiger partial charge in [-0.1, -0.05) is 32.0 Å². The maximum atomic E-state index is 12.8. The third-order valence-electron chi connectivity index (χ3n) is 4.98. The number of carbonyl (C=O) groups excluding carboxylic acids is 1. The molecule has 6 heteroatoms. The Morgan fingerprint density at radius 2 is 2.00 bits per heavy atom. The van der Waals surface area contributed by atoms with Crippen LogP contribution in [-0.4, -0.2) is 20.4 Å². The molecule has 3 aromatic heterocycles. The van der Waals surface area contributed by atoms with E-state index in [0.29, 0.717) is 10.8 Å². The number of aromatic amines is 1. The van der Waals surface area contributed by atoms with E-state index in [0.717, 1.165) is 46.0 Å². The van der Waals surface area contributed by atoms with Gasteiger partial charge in [-0.25, -0.2) is 4.98 Å². The molecule has 0 bridgehead atoms. The number of imidazole rings is 1. The predicted octanol–water partition coefficient (Wildman–Crippen LogP) is 5.62. The van der Waals surface area contributed by atoms with Crippen LogP contribution >= 0.6 is 11.3 Å². The van der Waals surface area contributed by atoms with Crippen molar-refractivity contribution in [1.82, 2.24) is 14.5 Å². The first kappa shape index (κ1) is 18.5. The van der Waals surface area contributed by atoms with E-state index in [2.05, 4.69) is 42.6 Å². The molecule has 28 heavy (non-hydrogen) atoms. The average molecular weight is 393 g/mol. The summed E-state index contributed by atoms with van der Waals surface area (Å²) < 4.78 is 2.20. The summed E-state index contributed by atoms with van der Waals surface area (Å²) in [5.74, 6) is 1.95. The quantitative estimate of drug-likeness (QED) is 0.463. The van der Waals surface area contributed by atoms with Crippen molar-refractivity contribution in [3.05, 3.63) is 57.9 Å². The Labute approximate surface area is 168 Å². The van der Waals surface area contributed by atoms with Gasteiger partial charge in [-0.05, 0) is 48.9 Å². The summed E-state index contributed by atoms with van der Waals surface area (Å²) in [5, 5.41) is 5.08. The number of thiophene rings is 1. The summed E-state index contributed by atoms with van der Waals surface area (Å²) >= 11 is 1.44. The number of amides is 1. The first-order valence-corrected chi connectivity index (χ1v) is 10.3. The van der Waals surface area contributed by atoms with Gasteiger partial charge >= 0.3 is 0 Å². The Morgan fingerprint density at radius 3 is 2.68 bits per heavy atom. The van der Waals surface area contributed by atoms with Crippen LogP contribution in [0.2, 0.25) is 0 Å². The summed E-state index contributed by atoms with van der Waals surface area (Å²) in [4.78, 5) is 21.8. The third kappa shape index (κ3) is 3.24. The molecule has 0 atom stereocenters. The maximum Gasteiger partial charge on any atom is 0.266 e. The van der Waals surface area contributed by atoms with Crippen LogP contribution in [0.5, 0.6) is 0 Å². The van der Waals surface area contributed by atoms with Crippen molar-refractivity contribution in [3.8, 4) is 11.4 Å². The highest BCUT2D eigenvalue weighted by atomic mass is 32.1. The summed E-state index contributed by atoms with van der Waals surface area (Å²) in [6.45, 7) is 9.38. The molecule has 0 saturated heterocycles. The van der Waals surface area contributed by atoms with Crippen molar-refractivity contribution in [2.75, 3.05) is 5.32 Å². The highest BCUT2D eigenvalue weighted by molar-refractivity contribution is 7.12. The minimum Gasteiger partial charge on any atom is -0.338 e. The van der Waals surface area contributed by atoms with E-state index in [1.807, 2.05) is 41.8 Å². The van der Waals surface area contributed by atoms with Crippen LogP contribution < -0.4 is 5.32 Å². The number of H-pyrrole nitrogens is 1.